The first-order valence-corrected chi connectivity index (χ1v) is 8.07. The summed E-state index contributed by atoms with van der Waals surface area (Å²) in [5, 5.41) is 10.2. The molecule has 0 aliphatic rings. The molecule has 0 fully saturated rings. The number of hydrogen-bond acceptors (Lipinski definition) is 4. The minimum atomic E-state index is -1.14. The molecule has 0 radical (unpaired) electrons. The van der Waals surface area contributed by atoms with Gasteiger partial charge in [-0.15, -0.1) is 11.3 Å². The molecule has 0 aliphatic carbocycles. The van der Waals surface area contributed by atoms with Gasteiger partial charge >= 0.3 is 5.97 Å². The Hall–Kier alpha value is -2.31. The second-order valence-electron chi connectivity index (χ2n) is 5.06. The number of carbonyl (C=O) groups is 1. The van der Waals surface area contributed by atoms with Crippen LogP contribution in [0.1, 0.15) is 15.2 Å². The van der Waals surface area contributed by atoms with Gasteiger partial charge in [-0.1, -0.05) is 11.6 Å². The van der Waals surface area contributed by atoms with Crippen LogP contribution in [0, 0.1) is 12.7 Å². The summed E-state index contributed by atoms with van der Waals surface area (Å²) in [5.74, 6) is -1.23. The number of ether oxygens (including phenoxy) is 2. The van der Waals surface area contributed by atoms with Crippen LogP contribution in [0.2, 0.25) is 5.02 Å². The third kappa shape index (κ3) is 2.90. The minimum absolute atomic E-state index is 0.00740. The maximum atomic E-state index is 14.0. The van der Waals surface area contributed by atoms with E-state index >= 15 is 0 Å². The smallest absolute Gasteiger partial charge is 0.349 e. The van der Waals surface area contributed by atoms with Crippen molar-refractivity contribution >= 4 is 39.0 Å². The zero-order valence-electron chi connectivity index (χ0n) is 12.7. The Balaban J connectivity index is 2.20. The van der Waals surface area contributed by atoms with Crippen molar-refractivity contribution < 1.29 is 23.8 Å². The van der Waals surface area contributed by atoms with E-state index in [0.717, 1.165) is 27.7 Å². The molecular formula is C17H12ClFO4S. The first kappa shape index (κ1) is 16.5. The summed E-state index contributed by atoms with van der Waals surface area (Å²) in [4.78, 5) is 11.5. The summed E-state index contributed by atoms with van der Waals surface area (Å²) >= 11 is 6.79. The standard InChI is InChI=1S/C17H12ClFO4S/c1-8-5-14-10(7-13(8)22-2)15(16(24-14)17(20)21)23-12-4-3-9(18)6-11(12)19/h3-7H,1-2H3,(H,20,21). The summed E-state index contributed by atoms with van der Waals surface area (Å²) in [6.45, 7) is 1.86. The summed E-state index contributed by atoms with van der Waals surface area (Å²) in [5.41, 5.74) is 0.868. The van der Waals surface area contributed by atoms with E-state index in [1.165, 1.54) is 19.2 Å². The number of hydrogen-bond donors (Lipinski definition) is 1. The van der Waals surface area contributed by atoms with Crippen LogP contribution in [0.15, 0.2) is 30.3 Å². The van der Waals surface area contributed by atoms with E-state index < -0.39 is 11.8 Å². The molecule has 3 rings (SSSR count). The highest BCUT2D eigenvalue weighted by atomic mass is 35.5. The van der Waals surface area contributed by atoms with E-state index in [1.54, 1.807) is 6.07 Å². The molecule has 0 spiro atoms. The van der Waals surface area contributed by atoms with Crippen LogP contribution in [0.3, 0.4) is 0 Å². The summed E-state index contributed by atoms with van der Waals surface area (Å²) in [6, 6.07) is 7.45. The molecule has 0 saturated carbocycles. The molecule has 124 valence electrons. The molecule has 1 N–H and O–H groups in total. The molecule has 4 nitrogen and oxygen atoms in total. The SMILES string of the molecule is COc1cc2c(Oc3ccc(Cl)cc3F)c(C(=O)O)sc2cc1C. The van der Waals surface area contributed by atoms with E-state index in [0.29, 0.717) is 11.1 Å². The Morgan fingerprint density at radius 2 is 2.00 bits per heavy atom. The molecule has 0 unspecified atom stereocenters. The van der Waals surface area contributed by atoms with Gasteiger partial charge in [0, 0.05) is 15.1 Å². The van der Waals surface area contributed by atoms with Crippen molar-refractivity contribution in [1.29, 1.82) is 0 Å². The molecule has 24 heavy (non-hydrogen) atoms. The number of fused-ring (bicyclic) bond motifs is 1. The van der Waals surface area contributed by atoms with Crippen LogP contribution in [0.5, 0.6) is 17.2 Å². The predicted octanol–water partition coefficient (Wildman–Crippen LogP) is 5.50. The molecule has 0 atom stereocenters. The van der Waals surface area contributed by atoms with Crippen molar-refractivity contribution in [3.63, 3.8) is 0 Å². The lowest BCUT2D eigenvalue weighted by Crippen LogP contribution is -1.97. The van der Waals surface area contributed by atoms with Gasteiger partial charge in [0.25, 0.3) is 0 Å². The average Bonchev–Trinajstić information content (AvgIpc) is 2.87. The van der Waals surface area contributed by atoms with Crippen molar-refractivity contribution in [2.45, 2.75) is 6.92 Å². The zero-order chi connectivity index (χ0) is 17.4. The fourth-order valence-corrected chi connectivity index (χ4v) is 3.54. The number of aryl methyl sites for hydroxylation is 1. The predicted molar refractivity (Wildman–Crippen MR) is 91.6 cm³/mol. The first-order chi connectivity index (χ1) is 11.4. The van der Waals surface area contributed by atoms with Gasteiger partial charge < -0.3 is 14.6 Å². The molecule has 0 saturated heterocycles. The lowest BCUT2D eigenvalue weighted by atomic mass is 10.1. The Morgan fingerprint density at radius 3 is 2.62 bits per heavy atom. The van der Waals surface area contributed by atoms with E-state index in [-0.39, 0.29) is 21.4 Å². The average molecular weight is 367 g/mol. The molecule has 1 heterocycles. The molecule has 0 amide bonds. The van der Waals surface area contributed by atoms with Crippen molar-refractivity contribution in [3.8, 4) is 17.2 Å². The number of carboxylic acids is 1. The van der Waals surface area contributed by atoms with Gasteiger partial charge in [-0.25, -0.2) is 9.18 Å². The van der Waals surface area contributed by atoms with Crippen LogP contribution in [-0.2, 0) is 0 Å². The second kappa shape index (κ2) is 6.30. The monoisotopic (exact) mass is 366 g/mol. The highest BCUT2D eigenvalue weighted by Gasteiger charge is 2.22. The highest BCUT2D eigenvalue weighted by Crippen LogP contribution is 2.43. The van der Waals surface area contributed by atoms with Gasteiger partial charge in [0.2, 0.25) is 0 Å². The topological polar surface area (TPSA) is 55.8 Å². The largest absolute Gasteiger partial charge is 0.496 e. The third-order valence-electron chi connectivity index (χ3n) is 3.46. The number of benzene rings is 2. The summed E-state index contributed by atoms with van der Waals surface area (Å²) in [7, 11) is 1.53. The lowest BCUT2D eigenvalue weighted by molar-refractivity contribution is 0.0700. The van der Waals surface area contributed by atoms with Crippen LogP contribution in [0.4, 0.5) is 4.39 Å². The van der Waals surface area contributed by atoms with Crippen LogP contribution in [0.25, 0.3) is 10.1 Å². The molecule has 3 aromatic rings. The van der Waals surface area contributed by atoms with Gasteiger partial charge in [0.05, 0.1) is 7.11 Å². The lowest BCUT2D eigenvalue weighted by Gasteiger charge is -2.09. The molecular weight excluding hydrogens is 355 g/mol. The van der Waals surface area contributed by atoms with E-state index in [9.17, 15) is 14.3 Å². The van der Waals surface area contributed by atoms with Crippen molar-refractivity contribution in [2.24, 2.45) is 0 Å². The maximum Gasteiger partial charge on any atom is 0.349 e. The number of thiophene rings is 1. The van der Waals surface area contributed by atoms with Crippen LogP contribution < -0.4 is 9.47 Å². The van der Waals surface area contributed by atoms with Crippen molar-refractivity contribution in [2.75, 3.05) is 7.11 Å². The van der Waals surface area contributed by atoms with Gasteiger partial charge in [-0.2, -0.15) is 0 Å². The Kier molecular flexibility index (Phi) is 4.34. The van der Waals surface area contributed by atoms with Gasteiger partial charge in [0.1, 0.15) is 5.75 Å². The summed E-state index contributed by atoms with van der Waals surface area (Å²) in [6.07, 6.45) is 0. The van der Waals surface area contributed by atoms with Crippen LogP contribution in [-0.4, -0.2) is 18.2 Å². The van der Waals surface area contributed by atoms with Gasteiger partial charge in [-0.05, 0) is 42.8 Å². The summed E-state index contributed by atoms with van der Waals surface area (Å²) < 4.78 is 25.6. The van der Waals surface area contributed by atoms with Crippen molar-refractivity contribution in [1.82, 2.24) is 0 Å². The number of rotatable bonds is 4. The van der Waals surface area contributed by atoms with Gasteiger partial charge in [-0.3, -0.25) is 0 Å². The Labute approximate surface area is 146 Å². The van der Waals surface area contributed by atoms with Crippen molar-refractivity contribution in [3.05, 3.63) is 51.6 Å². The number of halogens is 2. The quantitative estimate of drug-likeness (QED) is 0.662. The Bertz CT molecular complexity index is 951. The number of carboxylic acid groups (broad SMARTS) is 1. The minimum Gasteiger partial charge on any atom is -0.496 e. The fraction of sp³-hybridized carbons (Fsp3) is 0.118. The van der Waals surface area contributed by atoms with Crippen LogP contribution >= 0.6 is 22.9 Å². The number of aromatic carboxylic acids is 1. The molecule has 0 aliphatic heterocycles. The molecule has 2 aromatic carbocycles. The maximum absolute atomic E-state index is 14.0. The Morgan fingerprint density at radius 1 is 1.25 bits per heavy atom. The highest BCUT2D eigenvalue weighted by molar-refractivity contribution is 7.21. The molecule has 7 heteroatoms. The fourth-order valence-electron chi connectivity index (χ4n) is 2.33. The van der Waals surface area contributed by atoms with E-state index in [1.807, 2.05) is 13.0 Å². The first-order valence-electron chi connectivity index (χ1n) is 6.88. The normalized spacial score (nSPS) is 10.8. The number of methoxy groups -OCH3 is 1. The second-order valence-corrected chi connectivity index (χ2v) is 6.55. The molecule has 1 aromatic heterocycles. The third-order valence-corrected chi connectivity index (χ3v) is 4.82. The van der Waals surface area contributed by atoms with E-state index in [2.05, 4.69) is 0 Å². The zero-order valence-corrected chi connectivity index (χ0v) is 14.3. The molecule has 0 bridgehead atoms. The van der Waals surface area contributed by atoms with E-state index in [4.69, 9.17) is 21.1 Å². The van der Waals surface area contributed by atoms with Gasteiger partial charge in [0.15, 0.2) is 22.2 Å².